The van der Waals surface area contributed by atoms with Crippen molar-refractivity contribution in [3.63, 3.8) is 0 Å². The molecule has 9 heteroatoms. The van der Waals surface area contributed by atoms with E-state index < -0.39 is 17.5 Å². The van der Waals surface area contributed by atoms with Gasteiger partial charge in [0.1, 0.15) is 18.1 Å². The number of Topliss-reactive ketones (excluding diaryl/α,β-unsaturated/α-hetero) is 1. The first kappa shape index (κ1) is 17.2. The van der Waals surface area contributed by atoms with Crippen LogP contribution in [0.25, 0.3) is 11.4 Å². The lowest BCUT2D eigenvalue weighted by atomic mass is 10.1. The van der Waals surface area contributed by atoms with E-state index in [-0.39, 0.29) is 23.7 Å². The summed E-state index contributed by atoms with van der Waals surface area (Å²) < 4.78 is 18.5. The van der Waals surface area contributed by atoms with E-state index >= 15 is 0 Å². The molecule has 0 aliphatic carbocycles. The van der Waals surface area contributed by atoms with Gasteiger partial charge in [-0.2, -0.15) is 4.80 Å². The number of carbonyl (C=O) groups is 2. The van der Waals surface area contributed by atoms with Crippen molar-refractivity contribution in [3.05, 3.63) is 59.4 Å². The van der Waals surface area contributed by atoms with Gasteiger partial charge in [0.25, 0.3) is 0 Å². The van der Waals surface area contributed by atoms with Crippen LogP contribution in [0.1, 0.15) is 20.7 Å². The maximum atomic E-state index is 13.4. The largest absolute Gasteiger partial charge is 0.496 e. The molecule has 0 atom stereocenters. The zero-order chi connectivity index (χ0) is 18.7. The van der Waals surface area contributed by atoms with Gasteiger partial charge in [0.2, 0.25) is 11.7 Å². The predicted molar refractivity (Wildman–Crippen MR) is 89.1 cm³/mol. The number of halogens is 1. The Bertz CT molecular complexity index is 969. The molecule has 0 saturated carbocycles. The van der Waals surface area contributed by atoms with Gasteiger partial charge in [0.05, 0.1) is 12.7 Å². The monoisotopic (exact) mass is 355 g/mol. The number of carbonyl (C=O) groups excluding carboxylic acids is 2. The summed E-state index contributed by atoms with van der Waals surface area (Å²) in [5, 5.41) is 11.8. The van der Waals surface area contributed by atoms with E-state index in [1.807, 2.05) is 0 Å². The summed E-state index contributed by atoms with van der Waals surface area (Å²) in [6.07, 6.45) is 0. The molecule has 0 spiro atoms. The van der Waals surface area contributed by atoms with Gasteiger partial charge in [-0.05, 0) is 35.5 Å². The predicted octanol–water partition coefficient (Wildman–Crippen LogP) is 1.47. The zero-order valence-electron chi connectivity index (χ0n) is 13.7. The topological polar surface area (TPSA) is 113 Å². The number of benzene rings is 2. The Labute approximate surface area is 147 Å². The standard InChI is InChI=1S/C17H14FN5O3/c1-26-15-7-6-12(18)8-13(15)14(24)9-23-21-17(20-22-23)11-4-2-10(3-5-11)16(19)25/h2-8H,9H2,1H3,(H2,19,25). The number of ketones is 1. The Morgan fingerprint density at radius 3 is 2.58 bits per heavy atom. The fourth-order valence-corrected chi connectivity index (χ4v) is 2.32. The first-order valence-electron chi connectivity index (χ1n) is 7.52. The Hall–Kier alpha value is -3.62. The number of amides is 1. The number of aromatic nitrogens is 4. The summed E-state index contributed by atoms with van der Waals surface area (Å²) >= 11 is 0. The third kappa shape index (κ3) is 3.56. The highest BCUT2D eigenvalue weighted by Gasteiger charge is 2.16. The van der Waals surface area contributed by atoms with E-state index in [1.165, 1.54) is 19.2 Å². The number of primary amides is 1. The maximum absolute atomic E-state index is 13.4. The van der Waals surface area contributed by atoms with Crippen LogP contribution >= 0.6 is 0 Å². The lowest BCUT2D eigenvalue weighted by Gasteiger charge is -2.06. The molecule has 8 nitrogen and oxygen atoms in total. The summed E-state index contributed by atoms with van der Waals surface area (Å²) in [5.41, 5.74) is 6.25. The van der Waals surface area contributed by atoms with Gasteiger partial charge in [0, 0.05) is 11.1 Å². The minimum Gasteiger partial charge on any atom is -0.496 e. The van der Waals surface area contributed by atoms with Crippen molar-refractivity contribution in [3.8, 4) is 17.1 Å². The SMILES string of the molecule is COc1ccc(F)cc1C(=O)Cn1nnc(-c2ccc(C(N)=O)cc2)n1. The number of rotatable bonds is 6. The van der Waals surface area contributed by atoms with Crippen LogP contribution < -0.4 is 10.5 Å². The van der Waals surface area contributed by atoms with Crippen molar-refractivity contribution in [2.24, 2.45) is 5.73 Å². The summed E-state index contributed by atoms with van der Waals surface area (Å²) in [7, 11) is 1.39. The molecule has 1 aromatic heterocycles. The first-order valence-corrected chi connectivity index (χ1v) is 7.52. The molecule has 0 unspecified atom stereocenters. The molecule has 0 aliphatic heterocycles. The summed E-state index contributed by atoms with van der Waals surface area (Å²) in [5.74, 6) is -0.966. The molecule has 26 heavy (non-hydrogen) atoms. The van der Waals surface area contributed by atoms with Crippen LogP contribution in [0.3, 0.4) is 0 Å². The molecule has 0 fully saturated rings. The molecule has 1 amide bonds. The van der Waals surface area contributed by atoms with Crippen LogP contribution in [0.5, 0.6) is 5.75 Å². The average molecular weight is 355 g/mol. The Balaban J connectivity index is 1.79. The Morgan fingerprint density at radius 2 is 1.92 bits per heavy atom. The number of methoxy groups -OCH3 is 1. The zero-order valence-corrected chi connectivity index (χ0v) is 13.7. The number of ether oxygens (including phenoxy) is 1. The van der Waals surface area contributed by atoms with Crippen LogP contribution in [0.2, 0.25) is 0 Å². The molecule has 0 aliphatic rings. The molecule has 0 saturated heterocycles. The minimum atomic E-state index is -0.545. The van der Waals surface area contributed by atoms with E-state index in [0.717, 1.165) is 10.9 Å². The van der Waals surface area contributed by atoms with E-state index in [9.17, 15) is 14.0 Å². The van der Waals surface area contributed by atoms with E-state index in [0.29, 0.717) is 11.1 Å². The van der Waals surface area contributed by atoms with E-state index in [2.05, 4.69) is 15.4 Å². The highest BCUT2D eigenvalue weighted by molar-refractivity contribution is 5.98. The molecule has 2 aromatic carbocycles. The van der Waals surface area contributed by atoms with Crippen molar-refractivity contribution >= 4 is 11.7 Å². The number of hydrogen-bond donors (Lipinski definition) is 1. The van der Waals surface area contributed by atoms with Crippen LogP contribution in [-0.4, -0.2) is 39.0 Å². The molecule has 0 radical (unpaired) electrons. The lowest BCUT2D eigenvalue weighted by Crippen LogP contribution is -2.14. The molecule has 2 N–H and O–H groups in total. The summed E-state index contributed by atoms with van der Waals surface area (Å²) in [6, 6.07) is 10.0. The van der Waals surface area contributed by atoms with Crippen LogP contribution in [0, 0.1) is 5.82 Å². The molecular weight excluding hydrogens is 341 g/mol. The second-order valence-corrected chi connectivity index (χ2v) is 5.35. The third-order valence-electron chi connectivity index (χ3n) is 3.63. The molecule has 3 aromatic rings. The Morgan fingerprint density at radius 1 is 1.19 bits per heavy atom. The molecule has 0 bridgehead atoms. The van der Waals surface area contributed by atoms with Gasteiger partial charge >= 0.3 is 0 Å². The number of nitrogens with two attached hydrogens (primary N) is 1. The van der Waals surface area contributed by atoms with Gasteiger partial charge in [-0.1, -0.05) is 12.1 Å². The van der Waals surface area contributed by atoms with Crippen molar-refractivity contribution in [2.75, 3.05) is 7.11 Å². The quantitative estimate of drug-likeness (QED) is 0.670. The second kappa shape index (κ2) is 7.09. The summed E-state index contributed by atoms with van der Waals surface area (Å²) in [6.45, 7) is -0.230. The summed E-state index contributed by atoms with van der Waals surface area (Å²) in [4.78, 5) is 24.6. The highest BCUT2D eigenvalue weighted by Crippen LogP contribution is 2.20. The second-order valence-electron chi connectivity index (χ2n) is 5.35. The van der Waals surface area contributed by atoms with Gasteiger partial charge in [-0.25, -0.2) is 4.39 Å². The highest BCUT2D eigenvalue weighted by atomic mass is 19.1. The van der Waals surface area contributed by atoms with Crippen LogP contribution in [0.15, 0.2) is 42.5 Å². The molecule has 1 heterocycles. The van der Waals surface area contributed by atoms with Crippen molar-refractivity contribution in [1.29, 1.82) is 0 Å². The smallest absolute Gasteiger partial charge is 0.248 e. The molecule has 3 rings (SSSR count). The van der Waals surface area contributed by atoms with E-state index in [1.54, 1.807) is 24.3 Å². The van der Waals surface area contributed by atoms with Crippen molar-refractivity contribution < 1.29 is 18.7 Å². The molecule has 132 valence electrons. The number of nitrogens with zero attached hydrogens (tertiary/aromatic N) is 4. The fourth-order valence-electron chi connectivity index (χ4n) is 2.32. The van der Waals surface area contributed by atoms with Crippen LogP contribution in [-0.2, 0) is 6.54 Å². The minimum absolute atomic E-state index is 0.0946. The third-order valence-corrected chi connectivity index (χ3v) is 3.63. The van der Waals surface area contributed by atoms with Crippen molar-refractivity contribution in [1.82, 2.24) is 20.2 Å². The van der Waals surface area contributed by atoms with E-state index in [4.69, 9.17) is 10.5 Å². The van der Waals surface area contributed by atoms with Crippen molar-refractivity contribution in [2.45, 2.75) is 6.54 Å². The Kier molecular flexibility index (Phi) is 4.70. The molecular formula is C17H14FN5O3. The van der Waals surface area contributed by atoms with Gasteiger partial charge in [0.15, 0.2) is 5.78 Å². The number of tetrazole rings is 1. The average Bonchev–Trinajstić information content (AvgIpc) is 3.10. The van der Waals surface area contributed by atoms with Gasteiger partial charge < -0.3 is 10.5 Å². The number of hydrogen-bond acceptors (Lipinski definition) is 6. The lowest BCUT2D eigenvalue weighted by molar-refractivity contribution is 0.0956. The van der Waals surface area contributed by atoms with Gasteiger partial charge in [-0.15, -0.1) is 10.2 Å². The first-order chi connectivity index (χ1) is 12.5. The van der Waals surface area contributed by atoms with Gasteiger partial charge in [-0.3, -0.25) is 9.59 Å². The normalized spacial score (nSPS) is 10.5. The fraction of sp³-hybridized carbons (Fsp3) is 0.118. The maximum Gasteiger partial charge on any atom is 0.248 e. The van der Waals surface area contributed by atoms with Crippen LogP contribution in [0.4, 0.5) is 4.39 Å².